The van der Waals surface area contributed by atoms with Crippen molar-refractivity contribution in [3.63, 3.8) is 0 Å². The van der Waals surface area contributed by atoms with Crippen molar-refractivity contribution in [2.75, 3.05) is 19.6 Å². The van der Waals surface area contributed by atoms with Crippen LogP contribution in [-0.2, 0) is 4.74 Å². The van der Waals surface area contributed by atoms with Gasteiger partial charge in [-0.25, -0.2) is 9.78 Å². The lowest BCUT2D eigenvalue weighted by Crippen LogP contribution is -2.48. The third-order valence-corrected chi connectivity index (χ3v) is 5.33. The molecule has 0 bridgehead atoms. The molecule has 1 unspecified atom stereocenters. The molecule has 2 heterocycles. The van der Waals surface area contributed by atoms with Crippen LogP contribution >= 0.6 is 0 Å². The zero-order valence-corrected chi connectivity index (χ0v) is 18.7. The molecular formula is C24H33N3O3. The minimum absolute atomic E-state index is 0.0353. The van der Waals surface area contributed by atoms with E-state index in [-0.39, 0.29) is 24.0 Å². The summed E-state index contributed by atoms with van der Waals surface area (Å²) in [6.07, 6.45) is 1.61. The highest BCUT2D eigenvalue weighted by Gasteiger charge is 2.30. The first kappa shape index (κ1) is 22.1. The van der Waals surface area contributed by atoms with Crippen molar-refractivity contribution in [3.8, 4) is 0 Å². The lowest BCUT2D eigenvalue weighted by Gasteiger charge is -2.37. The molecule has 6 heteroatoms. The van der Waals surface area contributed by atoms with Crippen molar-refractivity contribution in [2.24, 2.45) is 5.92 Å². The summed E-state index contributed by atoms with van der Waals surface area (Å²) in [7, 11) is 0. The van der Waals surface area contributed by atoms with Crippen molar-refractivity contribution in [1.29, 1.82) is 0 Å². The van der Waals surface area contributed by atoms with Gasteiger partial charge < -0.3 is 14.5 Å². The number of pyridine rings is 1. The quantitative estimate of drug-likeness (QED) is 0.729. The van der Waals surface area contributed by atoms with E-state index in [1.54, 1.807) is 11.0 Å². The molecule has 0 spiro atoms. The molecule has 30 heavy (non-hydrogen) atoms. The molecular weight excluding hydrogens is 378 g/mol. The summed E-state index contributed by atoms with van der Waals surface area (Å²) < 4.78 is 5.58. The lowest BCUT2D eigenvalue weighted by molar-refractivity contribution is 0.0123. The number of carbonyl (C=O) groups excluding carboxylic acids is 2. The largest absolute Gasteiger partial charge is 0.444 e. The number of piperidine rings is 1. The molecule has 1 aromatic carbocycles. The zero-order chi connectivity index (χ0) is 21.9. The van der Waals surface area contributed by atoms with Crippen LogP contribution in [0.15, 0.2) is 36.4 Å². The van der Waals surface area contributed by atoms with E-state index in [1.807, 2.05) is 69.9 Å². The molecule has 1 atom stereocenters. The molecule has 0 N–H and O–H groups in total. The molecule has 2 aromatic rings. The maximum Gasteiger partial charge on any atom is 0.410 e. The van der Waals surface area contributed by atoms with Gasteiger partial charge in [0.05, 0.1) is 5.52 Å². The number of ether oxygens (including phenoxy) is 1. The van der Waals surface area contributed by atoms with Crippen LogP contribution in [0.1, 0.15) is 57.9 Å². The number of amides is 2. The summed E-state index contributed by atoms with van der Waals surface area (Å²) >= 11 is 0. The van der Waals surface area contributed by atoms with Gasteiger partial charge in [-0.2, -0.15) is 0 Å². The predicted molar refractivity (Wildman–Crippen MR) is 118 cm³/mol. The molecule has 6 nitrogen and oxygen atoms in total. The highest BCUT2D eigenvalue weighted by atomic mass is 16.6. The highest BCUT2D eigenvalue weighted by Crippen LogP contribution is 2.22. The first-order valence-corrected chi connectivity index (χ1v) is 10.8. The zero-order valence-electron chi connectivity index (χ0n) is 18.7. The SMILES string of the molecule is CC(C)N(CC1CCCN(C(=O)c2ccc3ccccc3n2)C1)C(=O)OC(C)(C)C. The van der Waals surface area contributed by atoms with Crippen molar-refractivity contribution in [3.05, 3.63) is 42.1 Å². The number of rotatable bonds is 4. The summed E-state index contributed by atoms with van der Waals surface area (Å²) in [5, 5.41) is 1.02. The topological polar surface area (TPSA) is 62.7 Å². The summed E-state index contributed by atoms with van der Waals surface area (Å²) in [5.41, 5.74) is 0.774. The van der Waals surface area contributed by atoms with Gasteiger partial charge in [0.25, 0.3) is 5.91 Å². The Morgan fingerprint density at radius 1 is 1.20 bits per heavy atom. The predicted octanol–water partition coefficient (Wildman–Crippen LogP) is 4.73. The average Bonchev–Trinajstić information content (AvgIpc) is 2.69. The Balaban J connectivity index is 1.68. The van der Waals surface area contributed by atoms with Crippen molar-refractivity contribution in [1.82, 2.24) is 14.8 Å². The van der Waals surface area contributed by atoms with Gasteiger partial charge >= 0.3 is 6.09 Å². The number of carbonyl (C=O) groups is 2. The Hall–Kier alpha value is -2.63. The lowest BCUT2D eigenvalue weighted by atomic mass is 9.96. The Labute approximate surface area is 179 Å². The van der Waals surface area contributed by atoms with Crippen LogP contribution in [0.25, 0.3) is 10.9 Å². The van der Waals surface area contributed by atoms with Crippen LogP contribution in [0.3, 0.4) is 0 Å². The highest BCUT2D eigenvalue weighted by molar-refractivity contribution is 5.95. The van der Waals surface area contributed by atoms with Crippen LogP contribution < -0.4 is 0 Å². The van der Waals surface area contributed by atoms with Gasteiger partial charge in [0.15, 0.2) is 0 Å². The second kappa shape index (κ2) is 9.02. The first-order valence-electron chi connectivity index (χ1n) is 10.8. The Morgan fingerprint density at radius 2 is 1.93 bits per heavy atom. The Bertz CT molecular complexity index is 904. The third-order valence-electron chi connectivity index (χ3n) is 5.33. The van der Waals surface area contributed by atoms with E-state index >= 15 is 0 Å². The van der Waals surface area contributed by atoms with Crippen molar-refractivity contribution >= 4 is 22.9 Å². The first-order chi connectivity index (χ1) is 14.1. The molecule has 1 aromatic heterocycles. The molecule has 1 saturated heterocycles. The monoisotopic (exact) mass is 411 g/mol. The second-order valence-corrected chi connectivity index (χ2v) is 9.38. The molecule has 2 amide bonds. The fourth-order valence-electron chi connectivity index (χ4n) is 3.84. The van der Waals surface area contributed by atoms with Crippen LogP contribution in [-0.4, -0.2) is 58.1 Å². The van der Waals surface area contributed by atoms with E-state index < -0.39 is 5.60 Å². The maximum absolute atomic E-state index is 13.1. The number of para-hydroxylation sites is 1. The molecule has 1 fully saturated rings. The standard InChI is InChI=1S/C24H33N3O3/c1-17(2)27(23(29)30-24(3,4)5)16-18-9-8-14-26(15-18)22(28)21-13-12-19-10-6-7-11-20(19)25-21/h6-7,10-13,17-18H,8-9,14-16H2,1-5H3. The van der Waals surface area contributed by atoms with Gasteiger partial charge in [0.1, 0.15) is 11.3 Å². The normalized spacial score (nSPS) is 17.3. The minimum atomic E-state index is -0.527. The Morgan fingerprint density at radius 3 is 2.63 bits per heavy atom. The van der Waals surface area contributed by atoms with Crippen LogP contribution in [0.5, 0.6) is 0 Å². The van der Waals surface area contributed by atoms with Crippen LogP contribution in [0, 0.1) is 5.92 Å². The maximum atomic E-state index is 13.1. The number of fused-ring (bicyclic) bond motifs is 1. The van der Waals surface area contributed by atoms with Crippen molar-refractivity contribution in [2.45, 2.75) is 59.1 Å². The van der Waals surface area contributed by atoms with E-state index in [4.69, 9.17) is 4.74 Å². The number of nitrogens with zero attached hydrogens (tertiary/aromatic N) is 3. The molecule has 1 aliphatic rings. The minimum Gasteiger partial charge on any atom is -0.444 e. The fourth-order valence-corrected chi connectivity index (χ4v) is 3.84. The molecule has 1 aliphatic heterocycles. The number of benzene rings is 1. The fraction of sp³-hybridized carbons (Fsp3) is 0.542. The van der Waals surface area contributed by atoms with Gasteiger partial charge in [-0.1, -0.05) is 24.3 Å². The summed E-state index contributed by atoms with van der Waals surface area (Å²) in [6.45, 7) is 11.5. The second-order valence-electron chi connectivity index (χ2n) is 9.38. The van der Waals surface area contributed by atoms with E-state index in [0.29, 0.717) is 18.8 Å². The number of likely N-dealkylation sites (tertiary alicyclic amines) is 1. The summed E-state index contributed by atoms with van der Waals surface area (Å²) in [5.74, 6) is 0.178. The Kier molecular flexibility index (Phi) is 6.64. The van der Waals surface area contributed by atoms with Crippen LogP contribution in [0.4, 0.5) is 4.79 Å². The molecule has 162 valence electrons. The van der Waals surface area contributed by atoms with Gasteiger partial charge in [-0.05, 0) is 65.5 Å². The van der Waals surface area contributed by atoms with Crippen LogP contribution in [0.2, 0.25) is 0 Å². The van der Waals surface area contributed by atoms with E-state index in [9.17, 15) is 9.59 Å². The molecule has 3 rings (SSSR count). The molecule has 0 radical (unpaired) electrons. The van der Waals surface area contributed by atoms with Gasteiger partial charge in [0, 0.05) is 31.1 Å². The number of hydrogen-bond acceptors (Lipinski definition) is 4. The number of hydrogen-bond donors (Lipinski definition) is 0. The molecule has 0 aliphatic carbocycles. The van der Waals surface area contributed by atoms with E-state index in [0.717, 1.165) is 30.3 Å². The van der Waals surface area contributed by atoms with Gasteiger partial charge in [-0.15, -0.1) is 0 Å². The van der Waals surface area contributed by atoms with E-state index in [1.165, 1.54) is 0 Å². The summed E-state index contributed by atoms with van der Waals surface area (Å²) in [6, 6.07) is 11.6. The van der Waals surface area contributed by atoms with Gasteiger partial charge in [0.2, 0.25) is 0 Å². The number of aromatic nitrogens is 1. The smallest absolute Gasteiger partial charge is 0.410 e. The third kappa shape index (κ3) is 5.49. The van der Waals surface area contributed by atoms with E-state index in [2.05, 4.69) is 4.98 Å². The summed E-state index contributed by atoms with van der Waals surface area (Å²) in [4.78, 5) is 33.9. The van der Waals surface area contributed by atoms with Gasteiger partial charge in [-0.3, -0.25) is 4.79 Å². The average molecular weight is 412 g/mol. The molecule has 0 saturated carbocycles. The van der Waals surface area contributed by atoms with Crippen molar-refractivity contribution < 1.29 is 14.3 Å².